The molecule has 0 aliphatic rings. The molecule has 3 aromatic heterocycles. The van der Waals surface area contributed by atoms with Crippen molar-refractivity contribution in [3.8, 4) is 11.4 Å². The van der Waals surface area contributed by atoms with Crippen molar-refractivity contribution in [3.05, 3.63) is 54.5 Å². The van der Waals surface area contributed by atoms with Gasteiger partial charge in [-0.25, -0.2) is 20.1 Å². The molecule has 1 aromatic carbocycles. The van der Waals surface area contributed by atoms with Crippen LogP contribution in [-0.2, 0) is 6.18 Å². The number of anilines is 2. The highest BCUT2D eigenvalue weighted by Gasteiger charge is 2.34. The van der Waals surface area contributed by atoms with Crippen LogP contribution in [0.3, 0.4) is 0 Å². The normalized spacial score (nSPS) is 11.0. The molecular formula is C17H13F3IN7. The van der Waals surface area contributed by atoms with Crippen LogP contribution in [0, 0.1) is 0 Å². The number of alkyl halides is 4. The van der Waals surface area contributed by atoms with Gasteiger partial charge in [0.2, 0.25) is 5.95 Å². The van der Waals surface area contributed by atoms with Crippen LogP contribution in [0.5, 0.6) is 0 Å². The lowest BCUT2D eigenvalue weighted by molar-refractivity contribution is -0.137. The maximum atomic E-state index is 13.3. The number of H-pyrrole nitrogens is 1. The van der Waals surface area contributed by atoms with Gasteiger partial charge in [-0.1, -0.05) is 40.8 Å². The highest BCUT2D eigenvalue weighted by molar-refractivity contribution is 14.1. The summed E-state index contributed by atoms with van der Waals surface area (Å²) in [6.07, 6.45) is -1.73. The molecule has 0 fully saturated rings. The molecule has 0 spiro atoms. The highest BCUT2D eigenvalue weighted by Crippen LogP contribution is 2.36. The standard InChI is InChI=1S/C16H10F3N7.CH3I/c17-16(18,19)11-6-2-1-4-9(11)13-23-12-10(5-3-7-20-12)14(24-13)25-15-21-8-22-26-15;1-2/h1-8H,(H2,20,21,22,23,24,25,26);1H3. The number of nitrogens with zero attached hydrogens (tertiary/aromatic N) is 5. The number of benzene rings is 1. The second-order valence-electron chi connectivity index (χ2n) is 5.27. The van der Waals surface area contributed by atoms with Crippen molar-refractivity contribution in [1.29, 1.82) is 0 Å². The van der Waals surface area contributed by atoms with E-state index in [4.69, 9.17) is 0 Å². The monoisotopic (exact) mass is 499 g/mol. The summed E-state index contributed by atoms with van der Waals surface area (Å²) in [5, 5.41) is 9.76. The van der Waals surface area contributed by atoms with Crippen molar-refractivity contribution in [1.82, 2.24) is 30.1 Å². The van der Waals surface area contributed by atoms with Crippen LogP contribution in [0.25, 0.3) is 22.4 Å². The Hall–Kier alpha value is -2.83. The fourth-order valence-electron chi connectivity index (χ4n) is 2.48. The average molecular weight is 499 g/mol. The van der Waals surface area contributed by atoms with E-state index in [9.17, 15) is 13.2 Å². The molecule has 3 heterocycles. The molecule has 4 rings (SSSR count). The molecule has 2 N–H and O–H groups in total. The number of fused-ring (bicyclic) bond motifs is 1. The summed E-state index contributed by atoms with van der Waals surface area (Å²) in [6.45, 7) is 0. The van der Waals surface area contributed by atoms with E-state index in [1.54, 1.807) is 12.1 Å². The first-order valence-corrected chi connectivity index (χ1v) is 9.97. The minimum absolute atomic E-state index is 0.0915. The molecule has 0 aliphatic carbocycles. The van der Waals surface area contributed by atoms with E-state index in [-0.39, 0.29) is 22.9 Å². The first kappa shape index (κ1) is 19.9. The first-order chi connectivity index (χ1) is 13.5. The van der Waals surface area contributed by atoms with Gasteiger partial charge in [0.05, 0.1) is 10.9 Å². The Morgan fingerprint density at radius 3 is 2.50 bits per heavy atom. The van der Waals surface area contributed by atoms with Crippen LogP contribution >= 0.6 is 22.6 Å². The first-order valence-electron chi connectivity index (χ1n) is 7.82. The molecule has 0 amide bonds. The summed E-state index contributed by atoms with van der Waals surface area (Å²) in [4.78, 5) is 18.5. The molecule has 0 unspecified atom stereocenters. The Kier molecular flexibility index (Phi) is 6.02. The number of aromatic nitrogens is 6. The van der Waals surface area contributed by atoms with Gasteiger partial charge in [-0.15, -0.1) is 0 Å². The number of halogens is 4. The molecule has 7 nitrogen and oxygen atoms in total. The molecule has 0 saturated carbocycles. The SMILES string of the molecule is CI.FC(F)(F)c1ccccc1-c1nc(Nc2ncn[nH]2)c2cccnc2n1. The third-order valence-electron chi connectivity index (χ3n) is 3.60. The summed E-state index contributed by atoms with van der Waals surface area (Å²) in [7, 11) is 0. The third-order valence-corrected chi connectivity index (χ3v) is 3.60. The highest BCUT2D eigenvalue weighted by atomic mass is 127. The average Bonchev–Trinajstić information content (AvgIpc) is 3.22. The van der Waals surface area contributed by atoms with E-state index in [0.717, 1.165) is 6.07 Å². The van der Waals surface area contributed by atoms with Crippen LogP contribution in [0.2, 0.25) is 0 Å². The molecule has 11 heteroatoms. The van der Waals surface area contributed by atoms with E-state index < -0.39 is 11.7 Å². The van der Waals surface area contributed by atoms with Crippen molar-refractivity contribution in [2.75, 3.05) is 10.2 Å². The van der Waals surface area contributed by atoms with Crippen molar-refractivity contribution in [2.24, 2.45) is 0 Å². The quantitative estimate of drug-likeness (QED) is 0.316. The zero-order valence-corrected chi connectivity index (χ0v) is 16.5. The zero-order chi connectivity index (χ0) is 20.1. The smallest absolute Gasteiger partial charge is 0.308 e. The molecule has 0 aliphatic heterocycles. The maximum Gasteiger partial charge on any atom is 0.417 e. The number of hydrogen-bond acceptors (Lipinski definition) is 6. The van der Waals surface area contributed by atoms with E-state index in [2.05, 4.69) is 58.0 Å². The lowest BCUT2D eigenvalue weighted by atomic mass is 10.1. The summed E-state index contributed by atoms with van der Waals surface area (Å²) < 4.78 is 40.0. The number of rotatable bonds is 3. The van der Waals surface area contributed by atoms with Gasteiger partial charge in [-0.05, 0) is 23.1 Å². The van der Waals surface area contributed by atoms with Gasteiger partial charge in [0, 0.05) is 11.8 Å². The van der Waals surface area contributed by atoms with Crippen molar-refractivity contribution >= 4 is 45.4 Å². The number of nitrogens with one attached hydrogen (secondary N) is 2. The Morgan fingerprint density at radius 1 is 1.00 bits per heavy atom. The Bertz CT molecular complexity index is 1070. The molecule has 0 bridgehead atoms. The van der Waals surface area contributed by atoms with E-state index in [1.165, 1.54) is 30.7 Å². The fourth-order valence-corrected chi connectivity index (χ4v) is 2.48. The molecular weight excluding hydrogens is 486 g/mol. The third kappa shape index (κ3) is 4.18. The molecule has 144 valence electrons. The largest absolute Gasteiger partial charge is 0.417 e. The van der Waals surface area contributed by atoms with E-state index >= 15 is 0 Å². The van der Waals surface area contributed by atoms with Gasteiger partial charge >= 0.3 is 6.18 Å². The predicted molar refractivity (Wildman–Crippen MR) is 107 cm³/mol. The molecule has 0 atom stereocenters. The number of pyridine rings is 1. The lowest BCUT2D eigenvalue weighted by Gasteiger charge is -2.13. The summed E-state index contributed by atoms with van der Waals surface area (Å²) in [6, 6.07) is 8.52. The minimum atomic E-state index is -4.53. The second-order valence-corrected chi connectivity index (χ2v) is 5.27. The molecule has 0 radical (unpaired) electrons. The van der Waals surface area contributed by atoms with Gasteiger partial charge in [0.1, 0.15) is 12.1 Å². The van der Waals surface area contributed by atoms with E-state index in [0.29, 0.717) is 11.3 Å². The Balaban J connectivity index is 0.00000109. The van der Waals surface area contributed by atoms with Crippen LogP contribution in [0.15, 0.2) is 48.9 Å². The summed E-state index contributed by atoms with van der Waals surface area (Å²) in [5.41, 5.74) is -0.689. The van der Waals surface area contributed by atoms with Crippen molar-refractivity contribution in [3.63, 3.8) is 0 Å². The van der Waals surface area contributed by atoms with Crippen molar-refractivity contribution < 1.29 is 13.2 Å². The van der Waals surface area contributed by atoms with Crippen LogP contribution in [-0.4, -0.2) is 35.1 Å². The topological polar surface area (TPSA) is 92.3 Å². The minimum Gasteiger partial charge on any atom is -0.308 e. The predicted octanol–water partition coefficient (Wildman–Crippen LogP) is 4.62. The molecule has 28 heavy (non-hydrogen) atoms. The van der Waals surface area contributed by atoms with Crippen LogP contribution < -0.4 is 5.32 Å². The van der Waals surface area contributed by atoms with Gasteiger partial charge in [-0.2, -0.15) is 23.3 Å². The van der Waals surface area contributed by atoms with Gasteiger partial charge in [0.15, 0.2) is 11.5 Å². The fraction of sp³-hybridized carbons (Fsp3) is 0.118. The van der Waals surface area contributed by atoms with E-state index in [1.807, 2.05) is 4.93 Å². The van der Waals surface area contributed by atoms with Gasteiger partial charge in [-0.3, -0.25) is 0 Å². The summed E-state index contributed by atoms with van der Waals surface area (Å²) in [5.74, 6) is 0.474. The Labute approximate surface area is 171 Å². The zero-order valence-electron chi connectivity index (χ0n) is 14.4. The number of hydrogen-bond donors (Lipinski definition) is 2. The Morgan fingerprint density at radius 2 is 1.79 bits per heavy atom. The lowest BCUT2D eigenvalue weighted by Crippen LogP contribution is -2.09. The second kappa shape index (κ2) is 8.46. The van der Waals surface area contributed by atoms with Gasteiger partial charge < -0.3 is 5.32 Å². The van der Waals surface area contributed by atoms with Crippen molar-refractivity contribution in [2.45, 2.75) is 6.18 Å². The molecule has 0 saturated heterocycles. The van der Waals surface area contributed by atoms with Crippen LogP contribution in [0.4, 0.5) is 24.9 Å². The molecule has 4 aromatic rings. The van der Waals surface area contributed by atoms with Crippen LogP contribution in [0.1, 0.15) is 5.56 Å². The summed E-state index contributed by atoms with van der Waals surface area (Å²) >= 11 is 2.15. The van der Waals surface area contributed by atoms with Gasteiger partial charge in [0.25, 0.3) is 0 Å². The number of aromatic amines is 1. The maximum absolute atomic E-state index is 13.3.